The molecule has 1 aromatic carbocycles. The zero-order valence-electron chi connectivity index (χ0n) is 13.5. The number of aromatic nitrogens is 2. The maximum atomic E-state index is 12.9. The van der Waals surface area contributed by atoms with Crippen molar-refractivity contribution in [3.63, 3.8) is 0 Å². The summed E-state index contributed by atoms with van der Waals surface area (Å²) in [6, 6.07) is 7.85. The lowest BCUT2D eigenvalue weighted by molar-refractivity contribution is -0.140. The normalized spacial score (nSPS) is 23.8. The number of rotatable bonds is 2. The van der Waals surface area contributed by atoms with Crippen LogP contribution >= 0.6 is 0 Å². The van der Waals surface area contributed by atoms with Gasteiger partial charge in [0.25, 0.3) is 0 Å². The number of aryl methyl sites for hydroxylation is 1. The van der Waals surface area contributed by atoms with E-state index < -0.39 is 5.66 Å². The van der Waals surface area contributed by atoms with Crippen LogP contribution in [0.2, 0.25) is 0 Å². The first kappa shape index (κ1) is 14.2. The summed E-state index contributed by atoms with van der Waals surface area (Å²) >= 11 is 0. The van der Waals surface area contributed by atoms with E-state index in [9.17, 15) is 9.59 Å². The Kier molecular flexibility index (Phi) is 2.98. The standard InChI is InChI=1S/C17H20N4O2/c1-12-18-13-5-3-4-6-14(13)19(12)11-16(23)21-10-9-20-15(22)7-8-17(20,21)2/h3-6H,7-11H2,1-2H3. The zero-order valence-corrected chi connectivity index (χ0v) is 13.5. The number of carbonyl (C=O) groups is 2. The maximum absolute atomic E-state index is 12.9. The summed E-state index contributed by atoms with van der Waals surface area (Å²) in [7, 11) is 0. The number of nitrogens with zero attached hydrogens (tertiary/aromatic N) is 4. The summed E-state index contributed by atoms with van der Waals surface area (Å²) in [5.41, 5.74) is 1.43. The van der Waals surface area contributed by atoms with E-state index in [4.69, 9.17) is 0 Å². The maximum Gasteiger partial charge on any atom is 0.244 e. The third-order valence-electron chi connectivity index (χ3n) is 5.26. The van der Waals surface area contributed by atoms with E-state index in [1.165, 1.54) is 0 Å². The quantitative estimate of drug-likeness (QED) is 0.845. The minimum atomic E-state index is -0.446. The smallest absolute Gasteiger partial charge is 0.244 e. The summed E-state index contributed by atoms with van der Waals surface area (Å²) < 4.78 is 1.96. The molecule has 2 aliphatic heterocycles. The SMILES string of the molecule is Cc1nc2ccccc2n1CC(=O)N1CCN2C(=O)CCC21C. The number of hydrogen-bond acceptors (Lipinski definition) is 3. The molecular weight excluding hydrogens is 292 g/mol. The molecule has 2 aliphatic rings. The van der Waals surface area contributed by atoms with Gasteiger partial charge in [0.1, 0.15) is 18.0 Å². The van der Waals surface area contributed by atoms with Gasteiger partial charge in [-0.2, -0.15) is 0 Å². The van der Waals surface area contributed by atoms with Crippen LogP contribution in [-0.4, -0.2) is 49.9 Å². The Labute approximate surface area is 134 Å². The van der Waals surface area contributed by atoms with Crippen molar-refractivity contribution in [2.45, 2.75) is 38.9 Å². The van der Waals surface area contributed by atoms with Gasteiger partial charge in [-0.3, -0.25) is 9.59 Å². The molecule has 1 unspecified atom stereocenters. The van der Waals surface area contributed by atoms with Crippen molar-refractivity contribution in [3.05, 3.63) is 30.1 Å². The van der Waals surface area contributed by atoms with Crippen molar-refractivity contribution in [1.29, 1.82) is 0 Å². The van der Waals surface area contributed by atoms with Gasteiger partial charge in [-0.15, -0.1) is 0 Å². The molecule has 2 saturated heterocycles. The van der Waals surface area contributed by atoms with Crippen molar-refractivity contribution in [1.82, 2.24) is 19.4 Å². The van der Waals surface area contributed by atoms with Gasteiger partial charge >= 0.3 is 0 Å². The molecule has 2 amide bonds. The molecule has 0 saturated carbocycles. The van der Waals surface area contributed by atoms with Crippen LogP contribution in [0.15, 0.2) is 24.3 Å². The van der Waals surface area contributed by atoms with Gasteiger partial charge in [-0.05, 0) is 32.4 Å². The number of hydrogen-bond donors (Lipinski definition) is 0. The molecule has 0 N–H and O–H groups in total. The topological polar surface area (TPSA) is 58.4 Å². The number of para-hydroxylation sites is 2. The Balaban J connectivity index is 1.63. The molecule has 0 spiro atoms. The van der Waals surface area contributed by atoms with Crippen LogP contribution in [-0.2, 0) is 16.1 Å². The van der Waals surface area contributed by atoms with Crippen LogP contribution in [0.5, 0.6) is 0 Å². The summed E-state index contributed by atoms with van der Waals surface area (Å²) in [5.74, 6) is 1.05. The highest BCUT2D eigenvalue weighted by atomic mass is 16.2. The fourth-order valence-electron chi connectivity index (χ4n) is 3.98. The first-order valence-electron chi connectivity index (χ1n) is 8.03. The van der Waals surface area contributed by atoms with E-state index in [2.05, 4.69) is 4.98 Å². The number of amides is 2. The van der Waals surface area contributed by atoms with Crippen LogP contribution in [0.25, 0.3) is 11.0 Å². The predicted octanol–water partition coefficient (Wildman–Crippen LogP) is 1.53. The Morgan fingerprint density at radius 3 is 2.91 bits per heavy atom. The number of fused-ring (bicyclic) bond motifs is 2. The highest BCUT2D eigenvalue weighted by Gasteiger charge is 2.51. The van der Waals surface area contributed by atoms with E-state index in [1.54, 1.807) is 0 Å². The Hall–Kier alpha value is -2.37. The van der Waals surface area contributed by atoms with Crippen molar-refractivity contribution < 1.29 is 9.59 Å². The lowest BCUT2D eigenvalue weighted by Crippen LogP contribution is -2.51. The molecule has 0 aliphatic carbocycles. The lowest BCUT2D eigenvalue weighted by Gasteiger charge is -2.35. The monoisotopic (exact) mass is 312 g/mol. The van der Waals surface area contributed by atoms with E-state index in [0.717, 1.165) is 23.3 Å². The second-order valence-corrected chi connectivity index (χ2v) is 6.54. The molecule has 4 rings (SSSR count). The predicted molar refractivity (Wildman–Crippen MR) is 85.5 cm³/mol. The second-order valence-electron chi connectivity index (χ2n) is 6.54. The van der Waals surface area contributed by atoms with Gasteiger partial charge in [0.2, 0.25) is 11.8 Å². The van der Waals surface area contributed by atoms with Crippen molar-refractivity contribution in [2.75, 3.05) is 13.1 Å². The third kappa shape index (κ3) is 1.97. The molecule has 1 atom stereocenters. The molecule has 23 heavy (non-hydrogen) atoms. The fraction of sp³-hybridized carbons (Fsp3) is 0.471. The van der Waals surface area contributed by atoms with Crippen LogP contribution in [0.4, 0.5) is 0 Å². The van der Waals surface area contributed by atoms with Crippen molar-refractivity contribution in [3.8, 4) is 0 Å². The first-order valence-corrected chi connectivity index (χ1v) is 8.03. The summed E-state index contributed by atoms with van der Waals surface area (Å²) in [6.07, 6.45) is 1.26. The van der Waals surface area contributed by atoms with Gasteiger partial charge in [0.05, 0.1) is 11.0 Å². The Bertz CT molecular complexity index is 812. The van der Waals surface area contributed by atoms with Gasteiger partial charge in [-0.1, -0.05) is 12.1 Å². The fourth-order valence-corrected chi connectivity index (χ4v) is 3.98. The van der Waals surface area contributed by atoms with Crippen molar-refractivity contribution in [2.24, 2.45) is 0 Å². The molecule has 3 heterocycles. The number of imidazole rings is 1. The molecule has 0 radical (unpaired) electrons. The van der Waals surface area contributed by atoms with Gasteiger partial charge in [0.15, 0.2) is 0 Å². The zero-order chi connectivity index (χ0) is 16.2. The Morgan fingerprint density at radius 1 is 1.30 bits per heavy atom. The number of benzene rings is 1. The van der Waals surface area contributed by atoms with Crippen molar-refractivity contribution >= 4 is 22.8 Å². The van der Waals surface area contributed by atoms with E-state index >= 15 is 0 Å². The molecule has 2 fully saturated rings. The average Bonchev–Trinajstić information content (AvgIpc) is 3.12. The highest BCUT2D eigenvalue weighted by Crippen LogP contribution is 2.37. The van der Waals surface area contributed by atoms with E-state index in [-0.39, 0.29) is 18.4 Å². The first-order chi connectivity index (χ1) is 11.0. The Morgan fingerprint density at radius 2 is 2.09 bits per heavy atom. The molecular formula is C17H20N4O2. The minimum Gasteiger partial charge on any atom is -0.319 e. The van der Waals surface area contributed by atoms with Gasteiger partial charge in [-0.25, -0.2) is 4.98 Å². The minimum absolute atomic E-state index is 0.0518. The third-order valence-corrected chi connectivity index (χ3v) is 5.26. The van der Waals surface area contributed by atoms with Gasteiger partial charge < -0.3 is 14.4 Å². The molecule has 2 aromatic rings. The lowest BCUT2D eigenvalue weighted by atomic mass is 10.1. The summed E-state index contributed by atoms with van der Waals surface area (Å²) in [5, 5.41) is 0. The van der Waals surface area contributed by atoms with Crippen LogP contribution in [0.3, 0.4) is 0 Å². The molecule has 1 aromatic heterocycles. The number of carbonyl (C=O) groups excluding carboxylic acids is 2. The van der Waals surface area contributed by atoms with E-state index in [0.29, 0.717) is 19.5 Å². The molecule has 6 heteroatoms. The van der Waals surface area contributed by atoms with Gasteiger partial charge in [0, 0.05) is 19.5 Å². The molecule has 0 bridgehead atoms. The average molecular weight is 312 g/mol. The summed E-state index contributed by atoms with van der Waals surface area (Å²) in [4.78, 5) is 33.1. The highest BCUT2D eigenvalue weighted by molar-refractivity contribution is 5.85. The summed E-state index contributed by atoms with van der Waals surface area (Å²) in [6.45, 7) is 5.45. The van der Waals surface area contributed by atoms with Crippen LogP contribution in [0, 0.1) is 6.92 Å². The second kappa shape index (κ2) is 4.81. The molecule has 6 nitrogen and oxygen atoms in total. The van der Waals surface area contributed by atoms with E-state index in [1.807, 2.05) is 52.5 Å². The van der Waals surface area contributed by atoms with Crippen LogP contribution < -0.4 is 0 Å². The largest absolute Gasteiger partial charge is 0.319 e. The molecule has 120 valence electrons. The van der Waals surface area contributed by atoms with Crippen LogP contribution in [0.1, 0.15) is 25.6 Å².